The van der Waals surface area contributed by atoms with Crippen molar-refractivity contribution in [1.29, 1.82) is 0 Å². The van der Waals surface area contributed by atoms with Crippen molar-refractivity contribution >= 4 is 0 Å². The number of aliphatic hydroxyl groups is 1. The van der Waals surface area contributed by atoms with Gasteiger partial charge in [-0.25, -0.2) is 0 Å². The summed E-state index contributed by atoms with van der Waals surface area (Å²) in [6.07, 6.45) is -0.592. The molecule has 4 rings (SSSR count). The van der Waals surface area contributed by atoms with Gasteiger partial charge in [0.15, 0.2) is 5.60 Å². The van der Waals surface area contributed by atoms with Crippen molar-refractivity contribution in [2.45, 2.75) is 37.1 Å². The third-order valence-electron chi connectivity index (χ3n) is 5.77. The smallest absolute Gasteiger partial charge is 0.416 e. The number of hydrogen-bond donors (Lipinski definition) is 1. The van der Waals surface area contributed by atoms with E-state index >= 15 is 0 Å². The molecule has 4 nitrogen and oxygen atoms in total. The number of ether oxygens (including phenoxy) is 2. The Labute approximate surface area is 178 Å². The number of nitrogens with zero attached hydrogens (tertiary/aromatic N) is 1. The number of alkyl halides is 3. The van der Waals surface area contributed by atoms with E-state index in [0.29, 0.717) is 34.6 Å². The molecule has 0 saturated carbocycles. The number of halogens is 3. The molecule has 0 bridgehead atoms. The zero-order valence-corrected chi connectivity index (χ0v) is 17.1. The molecule has 1 aliphatic rings. The highest BCUT2D eigenvalue weighted by molar-refractivity contribution is 5.58. The predicted molar refractivity (Wildman–Crippen MR) is 109 cm³/mol. The van der Waals surface area contributed by atoms with E-state index in [1.165, 1.54) is 31.6 Å². The molecule has 0 aliphatic carbocycles. The van der Waals surface area contributed by atoms with Gasteiger partial charge in [-0.15, -0.1) is 0 Å². The third-order valence-corrected chi connectivity index (χ3v) is 5.77. The van der Waals surface area contributed by atoms with E-state index in [1.807, 2.05) is 13.0 Å². The van der Waals surface area contributed by atoms with E-state index in [4.69, 9.17) is 9.47 Å². The van der Waals surface area contributed by atoms with Crippen LogP contribution in [-0.2, 0) is 17.4 Å². The summed E-state index contributed by atoms with van der Waals surface area (Å²) in [5.74, 6) is 0.692. The quantitative estimate of drug-likeness (QED) is 0.587. The van der Waals surface area contributed by atoms with Gasteiger partial charge < -0.3 is 14.6 Å². The molecule has 0 spiro atoms. The Morgan fingerprint density at radius 2 is 1.65 bits per heavy atom. The summed E-state index contributed by atoms with van der Waals surface area (Å²) in [6, 6.07) is 13.8. The molecule has 7 heteroatoms. The fourth-order valence-corrected chi connectivity index (χ4v) is 4.48. The summed E-state index contributed by atoms with van der Waals surface area (Å²) in [7, 11) is 1.48. The Hall–Kier alpha value is -3.06. The monoisotopic (exact) mass is 429 g/mol. The van der Waals surface area contributed by atoms with Crippen molar-refractivity contribution in [1.82, 2.24) is 4.98 Å². The maximum Gasteiger partial charge on any atom is 0.416 e. The number of aromatic nitrogens is 1. The average Bonchev–Trinajstić information content (AvgIpc) is 3.03. The number of pyridine rings is 1. The van der Waals surface area contributed by atoms with Crippen LogP contribution in [0.5, 0.6) is 11.5 Å². The maximum absolute atomic E-state index is 13.2. The summed E-state index contributed by atoms with van der Waals surface area (Å²) in [6.45, 7) is 1.92. The molecule has 3 aromatic rings. The summed E-state index contributed by atoms with van der Waals surface area (Å²) in [5, 5.41) is 12.2. The number of methoxy groups -OCH3 is 1. The second-order valence-electron chi connectivity index (χ2n) is 7.55. The average molecular weight is 429 g/mol. The SMILES string of the molecule is CCCC1(O)c2c(OC)cncc2OC1(c1ccccc1)c1ccc(C(F)(F)F)cc1. The minimum absolute atomic E-state index is 0.288. The summed E-state index contributed by atoms with van der Waals surface area (Å²) in [5.41, 5.74) is -2.40. The van der Waals surface area contributed by atoms with Crippen molar-refractivity contribution in [3.05, 3.63) is 89.2 Å². The van der Waals surface area contributed by atoms with Crippen LogP contribution in [0.4, 0.5) is 13.2 Å². The molecule has 162 valence electrons. The van der Waals surface area contributed by atoms with Gasteiger partial charge in [-0.2, -0.15) is 13.2 Å². The van der Waals surface area contributed by atoms with E-state index in [-0.39, 0.29) is 6.42 Å². The second kappa shape index (κ2) is 7.57. The Morgan fingerprint density at radius 1 is 1.00 bits per heavy atom. The molecule has 2 heterocycles. The lowest BCUT2D eigenvalue weighted by Gasteiger charge is -2.42. The van der Waals surface area contributed by atoms with Gasteiger partial charge >= 0.3 is 6.18 Å². The van der Waals surface area contributed by atoms with Crippen LogP contribution in [0.15, 0.2) is 67.0 Å². The lowest BCUT2D eigenvalue weighted by Crippen LogP contribution is -2.50. The Morgan fingerprint density at radius 3 is 2.23 bits per heavy atom. The van der Waals surface area contributed by atoms with Crippen LogP contribution in [0.3, 0.4) is 0 Å². The highest BCUT2D eigenvalue weighted by atomic mass is 19.4. The predicted octanol–water partition coefficient (Wildman–Crippen LogP) is 5.43. The van der Waals surface area contributed by atoms with Gasteiger partial charge in [-0.3, -0.25) is 4.98 Å². The molecule has 1 aromatic heterocycles. The highest BCUT2D eigenvalue weighted by Gasteiger charge is 2.62. The Bertz CT molecular complexity index is 1070. The van der Waals surface area contributed by atoms with Gasteiger partial charge in [0.2, 0.25) is 0 Å². The lowest BCUT2D eigenvalue weighted by molar-refractivity contribution is -0.137. The number of rotatable bonds is 5. The van der Waals surface area contributed by atoms with E-state index in [2.05, 4.69) is 4.98 Å². The van der Waals surface area contributed by atoms with Gasteiger partial charge in [0.05, 0.1) is 30.6 Å². The third kappa shape index (κ3) is 3.15. The first-order valence-corrected chi connectivity index (χ1v) is 9.95. The fraction of sp³-hybridized carbons (Fsp3) is 0.292. The van der Waals surface area contributed by atoms with Crippen LogP contribution in [-0.4, -0.2) is 17.2 Å². The van der Waals surface area contributed by atoms with E-state index in [1.54, 1.807) is 24.3 Å². The molecule has 0 fully saturated rings. The summed E-state index contributed by atoms with van der Waals surface area (Å²) in [4.78, 5) is 4.14. The van der Waals surface area contributed by atoms with Crippen LogP contribution in [0.2, 0.25) is 0 Å². The van der Waals surface area contributed by atoms with Crippen molar-refractivity contribution < 1.29 is 27.8 Å². The van der Waals surface area contributed by atoms with Gasteiger partial charge in [-0.05, 0) is 18.6 Å². The largest absolute Gasteiger partial charge is 0.495 e. The zero-order valence-electron chi connectivity index (χ0n) is 17.1. The number of benzene rings is 2. The first kappa shape index (κ1) is 21.2. The zero-order chi connectivity index (χ0) is 22.3. The first-order chi connectivity index (χ1) is 14.8. The summed E-state index contributed by atoms with van der Waals surface area (Å²) >= 11 is 0. The molecule has 2 atom stereocenters. The van der Waals surface area contributed by atoms with E-state index in [9.17, 15) is 18.3 Å². The Balaban J connectivity index is 2.02. The van der Waals surface area contributed by atoms with Crippen molar-refractivity contribution in [2.24, 2.45) is 0 Å². The first-order valence-electron chi connectivity index (χ1n) is 9.95. The molecule has 31 heavy (non-hydrogen) atoms. The fourth-order valence-electron chi connectivity index (χ4n) is 4.48. The molecule has 2 unspecified atom stereocenters. The van der Waals surface area contributed by atoms with Crippen LogP contribution in [0, 0.1) is 0 Å². The summed E-state index contributed by atoms with van der Waals surface area (Å²) < 4.78 is 51.5. The second-order valence-corrected chi connectivity index (χ2v) is 7.55. The number of hydrogen-bond acceptors (Lipinski definition) is 4. The van der Waals surface area contributed by atoms with Crippen LogP contribution >= 0.6 is 0 Å². The van der Waals surface area contributed by atoms with Gasteiger partial charge in [0.25, 0.3) is 0 Å². The van der Waals surface area contributed by atoms with Gasteiger partial charge in [0, 0.05) is 11.1 Å². The van der Waals surface area contributed by atoms with Crippen molar-refractivity contribution in [3.63, 3.8) is 0 Å². The van der Waals surface area contributed by atoms with Gasteiger partial charge in [-0.1, -0.05) is 55.8 Å². The molecular weight excluding hydrogens is 407 g/mol. The minimum atomic E-state index is -4.47. The van der Waals surface area contributed by atoms with Gasteiger partial charge in [0.1, 0.15) is 17.1 Å². The van der Waals surface area contributed by atoms with E-state index in [0.717, 1.165) is 12.1 Å². The maximum atomic E-state index is 13.2. The molecule has 1 N–H and O–H groups in total. The van der Waals surface area contributed by atoms with Crippen molar-refractivity contribution in [2.75, 3.05) is 7.11 Å². The molecule has 0 amide bonds. The highest BCUT2D eigenvalue weighted by Crippen LogP contribution is 2.60. The van der Waals surface area contributed by atoms with Crippen LogP contribution in [0.1, 0.15) is 42.0 Å². The van der Waals surface area contributed by atoms with Crippen molar-refractivity contribution in [3.8, 4) is 11.5 Å². The number of fused-ring (bicyclic) bond motifs is 1. The molecule has 1 aliphatic heterocycles. The van der Waals surface area contributed by atoms with Crippen LogP contribution < -0.4 is 9.47 Å². The normalized spacial score (nSPS) is 22.6. The Kier molecular flexibility index (Phi) is 5.17. The standard InChI is InChI=1S/C24H22F3NO3/c1-3-13-22(29)21-19(30-2)14-28-15-20(21)31-23(22,16-7-5-4-6-8-16)17-9-11-18(12-10-17)24(25,26)27/h4-12,14-15,29H,3,13H2,1-2H3. The molecular formula is C24H22F3NO3. The minimum Gasteiger partial charge on any atom is -0.495 e. The topological polar surface area (TPSA) is 51.6 Å². The van der Waals surface area contributed by atoms with Crippen LogP contribution in [0.25, 0.3) is 0 Å². The molecule has 0 saturated heterocycles. The lowest BCUT2D eigenvalue weighted by atomic mass is 9.69. The molecule has 2 aromatic carbocycles. The molecule has 0 radical (unpaired) electrons. The van der Waals surface area contributed by atoms with E-state index < -0.39 is 22.9 Å².